The van der Waals surface area contributed by atoms with Crippen LogP contribution in [-0.2, 0) is 4.74 Å². The Balaban J connectivity index is 1.75. The van der Waals surface area contributed by atoms with Crippen LogP contribution in [0.5, 0.6) is 0 Å². The summed E-state index contributed by atoms with van der Waals surface area (Å²) >= 11 is 0. The van der Waals surface area contributed by atoms with Crippen molar-refractivity contribution in [1.29, 1.82) is 0 Å². The van der Waals surface area contributed by atoms with Crippen molar-refractivity contribution in [3.05, 3.63) is 0 Å². The van der Waals surface area contributed by atoms with Gasteiger partial charge in [-0.15, -0.1) is 0 Å². The summed E-state index contributed by atoms with van der Waals surface area (Å²) in [6, 6.07) is 0. The molecule has 2 fully saturated rings. The molecular formula is C11H20O2. The largest absolute Gasteiger partial charge is 0.390 e. The van der Waals surface area contributed by atoms with Gasteiger partial charge in [0, 0.05) is 0 Å². The molecule has 2 aliphatic rings. The molecule has 2 rings (SSSR count). The van der Waals surface area contributed by atoms with E-state index >= 15 is 0 Å². The van der Waals surface area contributed by atoms with Crippen LogP contribution in [0.1, 0.15) is 51.4 Å². The summed E-state index contributed by atoms with van der Waals surface area (Å²) in [7, 11) is 0. The molecule has 0 aromatic heterocycles. The molecule has 0 bridgehead atoms. The van der Waals surface area contributed by atoms with Gasteiger partial charge in [-0.1, -0.05) is 19.3 Å². The number of aliphatic hydroxyl groups is 1. The van der Waals surface area contributed by atoms with E-state index in [-0.39, 0.29) is 12.2 Å². The number of hydrogen-bond acceptors (Lipinski definition) is 2. The van der Waals surface area contributed by atoms with Crippen LogP contribution in [0.25, 0.3) is 0 Å². The number of hydrogen-bond donors (Lipinski definition) is 1. The fourth-order valence-electron chi connectivity index (χ4n) is 2.51. The number of ether oxygens (including phenoxy) is 1. The first kappa shape index (κ1) is 9.47. The Morgan fingerprint density at radius 2 is 1.62 bits per heavy atom. The molecule has 76 valence electrons. The molecule has 0 aliphatic heterocycles. The fourth-order valence-corrected chi connectivity index (χ4v) is 2.51. The summed E-state index contributed by atoms with van der Waals surface area (Å²) in [6.45, 7) is 0. The fraction of sp³-hybridized carbons (Fsp3) is 1.00. The van der Waals surface area contributed by atoms with Crippen LogP contribution in [-0.4, -0.2) is 23.4 Å². The summed E-state index contributed by atoms with van der Waals surface area (Å²) in [6.07, 6.45) is 9.99. The molecule has 0 heterocycles. The predicted molar refractivity (Wildman–Crippen MR) is 51.6 cm³/mol. The first-order chi connectivity index (χ1) is 6.36. The monoisotopic (exact) mass is 184 g/mol. The van der Waals surface area contributed by atoms with Crippen LogP contribution in [0, 0.1) is 0 Å². The third-order valence-corrected chi connectivity index (χ3v) is 3.34. The van der Waals surface area contributed by atoms with Gasteiger partial charge in [0.25, 0.3) is 0 Å². The van der Waals surface area contributed by atoms with E-state index in [1.807, 2.05) is 0 Å². The molecule has 0 unspecified atom stereocenters. The van der Waals surface area contributed by atoms with Crippen LogP contribution in [0.4, 0.5) is 0 Å². The van der Waals surface area contributed by atoms with Crippen molar-refractivity contribution in [2.45, 2.75) is 69.7 Å². The van der Waals surface area contributed by atoms with Crippen LogP contribution in [0.15, 0.2) is 0 Å². The van der Waals surface area contributed by atoms with Crippen molar-refractivity contribution in [3.8, 4) is 0 Å². The first-order valence-electron chi connectivity index (χ1n) is 5.70. The highest BCUT2D eigenvalue weighted by Crippen LogP contribution is 2.28. The van der Waals surface area contributed by atoms with Crippen LogP contribution in [0.3, 0.4) is 0 Å². The zero-order valence-electron chi connectivity index (χ0n) is 8.24. The number of aliphatic hydroxyl groups excluding tert-OH is 1. The molecule has 0 amide bonds. The third kappa shape index (κ3) is 2.44. The minimum absolute atomic E-state index is 0.156. The Kier molecular flexibility index (Phi) is 3.23. The lowest BCUT2D eigenvalue weighted by atomic mass is 9.97. The maximum atomic E-state index is 9.59. The zero-order valence-corrected chi connectivity index (χ0v) is 8.24. The van der Waals surface area contributed by atoms with Crippen LogP contribution < -0.4 is 0 Å². The quantitative estimate of drug-likeness (QED) is 0.713. The summed E-state index contributed by atoms with van der Waals surface area (Å²) in [5, 5.41) is 9.59. The minimum Gasteiger partial charge on any atom is -0.390 e. The van der Waals surface area contributed by atoms with Crippen molar-refractivity contribution in [2.24, 2.45) is 0 Å². The molecule has 2 nitrogen and oxygen atoms in total. The lowest BCUT2D eigenvalue weighted by molar-refractivity contribution is -0.0730. The molecule has 1 N–H and O–H groups in total. The maximum Gasteiger partial charge on any atom is 0.0837 e. The Morgan fingerprint density at radius 3 is 2.23 bits per heavy atom. The molecule has 0 spiro atoms. The average Bonchev–Trinajstić information content (AvgIpc) is 2.54. The molecule has 2 heteroatoms. The van der Waals surface area contributed by atoms with Gasteiger partial charge in [-0.2, -0.15) is 0 Å². The van der Waals surface area contributed by atoms with E-state index in [2.05, 4.69) is 0 Å². The molecular weight excluding hydrogens is 164 g/mol. The Morgan fingerprint density at radius 1 is 0.846 bits per heavy atom. The van der Waals surface area contributed by atoms with Crippen molar-refractivity contribution >= 4 is 0 Å². The second kappa shape index (κ2) is 4.43. The Bertz CT molecular complexity index is 152. The molecule has 2 saturated carbocycles. The van der Waals surface area contributed by atoms with Gasteiger partial charge in [0.05, 0.1) is 18.3 Å². The van der Waals surface area contributed by atoms with Crippen LogP contribution >= 0.6 is 0 Å². The van der Waals surface area contributed by atoms with Gasteiger partial charge in [-0.3, -0.25) is 0 Å². The number of rotatable bonds is 2. The van der Waals surface area contributed by atoms with E-state index in [9.17, 15) is 5.11 Å². The van der Waals surface area contributed by atoms with Crippen molar-refractivity contribution < 1.29 is 9.84 Å². The molecule has 2 aliphatic carbocycles. The van der Waals surface area contributed by atoms with E-state index < -0.39 is 0 Å². The van der Waals surface area contributed by atoms with E-state index in [0.29, 0.717) is 6.10 Å². The molecule has 0 saturated heterocycles. The Labute approximate surface area is 80.3 Å². The summed E-state index contributed by atoms with van der Waals surface area (Å²) in [5.74, 6) is 0. The van der Waals surface area contributed by atoms with Crippen LogP contribution in [0.2, 0.25) is 0 Å². The average molecular weight is 184 g/mol. The predicted octanol–water partition coefficient (Wildman–Crippen LogP) is 2.25. The lowest BCUT2D eigenvalue weighted by Crippen LogP contribution is -2.29. The standard InChI is InChI=1S/C11H20O2/c12-10-7-4-8-11(10)13-9-5-2-1-3-6-9/h9-12H,1-8H2/t10-,11-/m1/s1. The van der Waals surface area contributed by atoms with Gasteiger partial charge in [-0.25, -0.2) is 0 Å². The summed E-state index contributed by atoms with van der Waals surface area (Å²) in [4.78, 5) is 0. The molecule has 13 heavy (non-hydrogen) atoms. The molecule has 0 radical (unpaired) electrons. The molecule has 0 aromatic carbocycles. The van der Waals surface area contributed by atoms with Gasteiger partial charge in [0.1, 0.15) is 0 Å². The Hall–Kier alpha value is -0.0800. The maximum absolute atomic E-state index is 9.59. The van der Waals surface area contributed by atoms with Gasteiger partial charge in [0.15, 0.2) is 0 Å². The summed E-state index contributed by atoms with van der Waals surface area (Å²) in [5.41, 5.74) is 0. The second-order valence-corrected chi connectivity index (χ2v) is 4.43. The van der Waals surface area contributed by atoms with Gasteiger partial charge < -0.3 is 9.84 Å². The smallest absolute Gasteiger partial charge is 0.0837 e. The van der Waals surface area contributed by atoms with E-state index in [1.54, 1.807) is 0 Å². The first-order valence-corrected chi connectivity index (χ1v) is 5.70. The van der Waals surface area contributed by atoms with Crippen molar-refractivity contribution in [2.75, 3.05) is 0 Å². The van der Waals surface area contributed by atoms with E-state index in [1.165, 1.54) is 32.1 Å². The highest BCUT2D eigenvalue weighted by atomic mass is 16.5. The summed E-state index contributed by atoms with van der Waals surface area (Å²) < 4.78 is 5.91. The minimum atomic E-state index is -0.179. The topological polar surface area (TPSA) is 29.5 Å². The second-order valence-electron chi connectivity index (χ2n) is 4.43. The zero-order chi connectivity index (χ0) is 9.10. The van der Waals surface area contributed by atoms with Gasteiger partial charge in [0.2, 0.25) is 0 Å². The van der Waals surface area contributed by atoms with E-state index in [0.717, 1.165) is 19.3 Å². The normalized spacial score (nSPS) is 36.7. The SMILES string of the molecule is O[C@@H]1CCC[C@H]1OC1CCCCC1. The highest BCUT2D eigenvalue weighted by Gasteiger charge is 2.28. The molecule has 0 aromatic rings. The molecule has 2 atom stereocenters. The van der Waals surface area contributed by atoms with Gasteiger partial charge >= 0.3 is 0 Å². The lowest BCUT2D eigenvalue weighted by Gasteiger charge is -2.26. The van der Waals surface area contributed by atoms with E-state index in [4.69, 9.17) is 4.74 Å². The van der Waals surface area contributed by atoms with Crippen molar-refractivity contribution in [3.63, 3.8) is 0 Å². The van der Waals surface area contributed by atoms with Gasteiger partial charge in [-0.05, 0) is 32.1 Å². The third-order valence-electron chi connectivity index (χ3n) is 3.34. The van der Waals surface area contributed by atoms with Crippen molar-refractivity contribution in [1.82, 2.24) is 0 Å². The highest BCUT2D eigenvalue weighted by molar-refractivity contribution is 4.79.